The van der Waals surface area contributed by atoms with E-state index in [9.17, 15) is 4.79 Å². The Morgan fingerprint density at radius 3 is 2.65 bits per heavy atom. The van der Waals surface area contributed by atoms with Gasteiger partial charge in [-0.15, -0.1) is 0 Å². The molecule has 3 nitrogen and oxygen atoms in total. The van der Waals surface area contributed by atoms with Crippen molar-refractivity contribution in [2.45, 2.75) is 40.7 Å². The van der Waals surface area contributed by atoms with Crippen molar-refractivity contribution in [1.82, 2.24) is 9.88 Å². The van der Waals surface area contributed by atoms with Crippen LogP contribution in [0.15, 0.2) is 16.7 Å². The number of amides is 1. The van der Waals surface area contributed by atoms with Crippen LogP contribution in [-0.4, -0.2) is 17.0 Å². The van der Waals surface area contributed by atoms with Crippen LogP contribution in [0.5, 0.6) is 0 Å². The van der Waals surface area contributed by atoms with Crippen molar-refractivity contribution in [1.29, 1.82) is 0 Å². The first-order valence-corrected chi connectivity index (χ1v) is 6.76. The van der Waals surface area contributed by atoms with Gasteiger partial charge in [-0.3, -0.25) is 4.79 Å². The van der Waals surface area contributed by atoms with Crippen molar-refractivity contribution in [2.24, 2.45) is 5.41 Å². The van der Waals surface area contributed by atoms with Gasteiger partial charge in [0.25, 0.3) is 5.91 Å². The Balaban J connectivity index is 2.58. The summed E-state index contributed by atoms with van der Waals surface area (Å²) in [5.41, 5.74) is 0.967. The van der Waals surface area contributed by atoms with Gasteiger partial charge in [0.15, 0.2) is 0 Å². The van der Waals surface area contributed by atoms with Crippen LogP contribution in [-0.2, 0) is 6.54 Å². The molecule has 0 unspecified atom stereocenters. The number of aryl methyl sites for hydroxylation is 1. The van der Waals surface area contributed by atoms with Crippen molar-refractivity contribution in [3.8, 4) is 0 Å². The first-order valence-electron chi connectivity index (χ1n) is 5.97. The molecule has 0 aromatic carbocycles. The molecule has 1 aromatic rings. The molecule has 0 aliphatic rings. The van der Waals surface area contributed by atoms with Gasteiger partial charge >= 0.3 is 0 Å². The molecule has 1 heterocycles. The predicted molar refractivity (Wildman–Crippen MR) is 74.2 cm³/mol. The van der Waals surface area contributed by atoms with Crippen molar-refractivity contribution in [2.75, 3.05) is 6.54 Å². The molecule has 0 bridgehead atoms. The van der Waals surface area contributed by atoms with Crippen LogP contribution in [0, 0.1) is 5.41 Å². The Hall–Kier alpha value is -0.770. The second kappa shape index (κ2) is 5.71. The Morgan fingerprint density at radius 1 is 1.47 bits per heavy atom. The molecule has 4 heteroatoms. The summed E-state index contributed by atoms with van der Waals surface area (Å²) in [6.07, 6.45) is 2.91. The van der Waals surface area contributed by atoms with Crippen molar-refractivity contribution >= 4 is 21.8 Å². The number of nitrogens with zero attached hydrogens (tertiary/aromatic N) is 1. The average molecular weight is 301 g/mol. The van der Waals surface area contributed by atoms with E-state index >= 15 is 0 Å². The molecule has 1 aromatic heterocycles. The van der Waals surface area contributed by atoms with Crippen LogP contribution >= 0.6 is 15.9 Å². The maximum absolute atomic E-state index is 12.0. The van der Waals surface area contributed by atoms with E-state index in [1.165, 1.54) is 0 Å². The van der Waals surface area contributed by atoms with Gasteiger partial charge < -0.3 is 9.88 Å². The molecule has 0 atom stereocenters. The molecule has 0 spiro atoms. The number of nitrogens with one attached hydrogen (secondary N) is 1. The minimum absolute atomic E-state index is 0.00167. The Labute approximate surface area is 112 Å². The minimum Gasteiger partial charge on any atom is -0.351 e. The minimum atomic E-state index is 0.00167. The lowest BCUT2D eigenvalue weighted by Gasteiger charge is -2.18. The number of carbonyl (C=O) groups is 1. The highest BCUT2D eigenvalue weighted by Crippen LogP contribution is 2.18. The number of hydrogen-bond donors (Lipinski definition) is 1. The third-order valence-corrected chi connectivity index (χ3v) is 3.03. The second-order valence-electron chi connectivity index (χ2n) is 5.40. The molecule has 0 fully saturated rings. The molecule has 1 N–H and O–H groups in total. The smallest absolute Gasteiger partial charge is 0.267 e. The van der Waals surface area contributed by atoms with Gasteiger partial charge in [0.1, 0.15) is 5.69 Å². The van der Waals surface area contributed by atoms with Gasteiger partial charge in [0, 0.05) is 23.8 Å². The van der Waals surface area contributed by atoms with Crippen LogP contribution in [0.4, 0.5) is 0 Å². The molecule has 1 rings (SSSR count). The highest BCUT2D eigenvalue weighted by Gasteiger charge is 2.14. The molecular weight excluding hydrogens is 280 g/mol. The summed E-state index contributed by atoms with van der Waals surface area (Å²) in [5, 5.41) is 2.96. The summed E-state index contributed by atoms with van der Waals surface area (Å²) in [7, 11) is 0. The fraction of sp³-hybridized carbons (Fsp3) is 0.615. The van der Waals surface area contributed by atoms with Gasteiger partial charge in [-0.2, -0.15) is 0 Å². The van der Waals surface area contributed by atoms with Crippen molar-refractivity contribution < 1.29 is 4.79 Å². The van der Waals surface area contributed by atoms with E-state index in [4.69, 9.17) is 0 Å². The number of rotatable bonds is 4. The maximum atomic E-state index is 12.0. The standard InChI is InChI=1S/C13H21BrN2O/c1-5-16-9-10(14)8-11(16)12(17)15-7-6-13(2,3)4/h8-9H,5-7H2,1-4H3,(H,15,17). The summed E-state index contributed by atoms with van der Waals surface area (Å²) < 4.78 is 2.89. The molecule has 0 saturated heterocycles. The van der Waals surface area contributed by atoms with E-state index in [-0.39, 0.29) is 11.3 Å². The maximum Gasteiger partial charge on any atom is 0.267 e. The molecule has 17 heavy (non-hydrogen) atoms. The molecular formula is C13H21BrN2O. The Morgan fingerprint density at radius 2 is 2.12 bits per heavy atom. The summed E-state index contributed by atoms with van der Waals surface area (Å²) in [4.78, 5) is 12.0. The summed E-state index contributed by atoms with van der Waals surface area (Å²) in [5.74, 6) is 0.00167. The first kappa shape index (κ1) is 14.3. The van der Waals surface area contributed by atoms with Crippen LogP contribution in [0.25, 0.3) is 0 Å². The molecule has 1 amide bonds. The molecule has 0 saturated carbocycles. The zero-order chi connectivity index (χ0) is 13.1. The number of aromatic nitrogens is 1. The number of carbonyl (C=O) groups excluding carboxylic acids is 1. The molecule has 0 radical (unpaired) electrons. The van der Waals surface area contributed by atoms with Crippen LogP contribution in [0.2, 0.25) is 0 Å². The molecule has 0 aliphatic carbocycles. The number of hydrogen-bond acceptors (Lipinski definition) is 1. The lowest BCUT2D eigenvalue weighted by Crippen LogP contribution is -2.28. The Kier molecular flexibility index (Phi) is 4.80. The first-order chi connectivity index (χ1) is 7.83. The van der Waals surface area contributed by atoms with E-state index in [2.05, 4.69) is 42.0 Å². The van der Waals surface area contributed by atoms with Crippen molar-refractivity contribution in [3.05, 3.63) is 22.4 Å². The van der Waals surface area contributed by atoms with Gasteiger partial charge in [0.05, 0.1) is 0 Å². The average Bonchev–Trinajstić information content (AvgIpc) is 2.57. The van der Waals surface area contributed by atoms with Crippen molar-refractivity contribution in [3.63, 3.8) is 0 Å². The summed E-state index contributed by atoms with van der Waals surface area (Å²) in [6, 6.07) is 1.86. The van der Waals surface area contributed by atoms with Crippen LogP contribution in [0.3, 0.4) is 0 Å². The topological polar surface area (TPSA) is 34.0 Å². The normalized spacial score (nSPS) is 11.6. The third kappa shape index (κ3) is 4.54. The number of halogens is 1. The molecule has 96 valence electrons. The Bertz CT molecular complexity index is 391. The van der Waals surface area contributed by atoms with E-state index in [0.29, 0.717) is 5.69 Å². The van der Waals surface area contributed by atoms with Crippen LogP contribution < -0.4 is 5.32 Å². The van der Waals surface area contributed by atoms with E-state index in [0.717, 1.165) is 24.0 Å². The van der Waals surface area contributed by atoms with E-state index in [1.54, 1.807) is 0 Å². The van der Waals surface area contributed by atoms with Gasteiger partial charge in [-0.1, -0.05) is 20.8 Å². The van der Waals surface area contributed by atoms with Gasteiger partial charge in [-0.05, 0) is 40.8 Å². The third-order valence-electron chi connectivity index (χ3n) is 2.60. The quantitative estimate of drug-likeness (QED) is 0.908. The highest BCUT2D eigenvalue weighted by molar-refractivity contribution is 9.10. The molecule has 0 aliphatic heterocycles. The SMILES string of the molecule is CCn1cc(Br)cc1C(=O)NCCC(C)(C)C. The second-order valence-corrected chi connectivity index (χ2v) is 6.31. The highest BCUT2D eigenvalue weighted by atomic mass is 79.9. The van der Waals surface area contributed by atoms with Crippen LogP contribution in [0.1, 0.15) is 44.6 Å². The van der Waals surface area contributed by atoms with Gasteiger partial charge in [0.2, 0.25) is 0 Å². The van der Waals surface area contributed by atoms with E-state index in [1.807, 2.05) is 23.8 Å². The fourth-order valence-corrected chi connectivity index (χ4v) is 2.03. The monoisotopic (exact) mass is 300 g/mol. The zero-order valence-electron chi connectivity index (χ0n) is 11.0. The summed E-state index contributed by atoms with van der Waals surface area (Å²) >= 11 is 3.39. The lowest BCUT2D eigenvalue weighted by molar-refractivity contribution is 0.0940. The fourth-order valence-electron chi connectivity index (χ4n) is 1.57. The lowest BCUT2D eigenvalue weighted by atomic mass is 9.92. The summed E-state index contributed by atoms with van der Waals surface area (Å²) in [6.45, 7) is 10.1. The zero-order valence-corrected chi connectivity index (χ0v) is 12.6. The van der Waals surface area contributed by atoms with Gasteiger partial charge in [-0.25, -0.2) is 0 Å². The van der Waals surface area contributed by atoms with E-state index < -0.39 is 0 Å². The largest absolute Gasteiger partial charge is 0.351 e. The predicted octanol–water partition coefficient (Wildman–Crippen LogP) is 3.44.